The molecule has 1 aliphatic heterocycles. The van der Waals surface area contributed by atoms with Crippen LogP contribution in [0.15, 0.2) is 27.8 Å². The second kappa shape index (κ2) is 5.37. The molecule has 112 valence electrons. The van der Waals surface area contributed by atoms with Crippen LogP contribution in [0, 0.1) is 0 Å². The lowest BCUT2D eigenvalue weighted by Gasteiger charge is -2.29. The molecule has 1 saturated heterocycles. The lowest BCUT2D eigenvalue weighted by Crippen LogP contribution is -2.42. The first-order valence-electron chi connectivity index (χ1n) is 7.11. The Morgan fingerprint density at radius 3 is 2.62 bits per heavy atom. The van der Waals surface area contributed by atoms with E-state index in [9.17, 15) is 9.59 Å². The minimum atomic E-state index is -0.338. The number of H-pyrrole nitrogens is 1. The molecular weight excluding hydrogens is 270 g/mol. The molecule has 0 saturated carbocycles. The topological polar surface area (TPSA) is 67.3 Å². The summed E-state index contributed by atoms with van der Waals surface area (Å²) in [5.74, 6) is 0.620. The molecule has 1 fully saturated rings. The summed E-state index contributed by atoms with van der Waals surface area (Å²) in [6.07, 6.45) is 1.64. The number of ether oxygens (including phenoxy) is 1. The normalized spacial score (nSPS) is 17.2. The van der Waals surface area contributed by atoms with Crippen LogP contribution in [-0.4, -0.2) is 41.7 Å². The van der Waals surface area contributed by atoms with Crippen LogP contribution in [0.3, 0.4) is 0 Å². The molecule has 0 atom stereocenters. The molecule has 6 heteroatoms. The van der Waals surface area contributed by atoms with Gasteiger partial charge in [-0.25, -0.2) is 4.79 Å². The van der Waals surface area contributed by atoms with Gasteiger partial charge in [-0.2, -0.15) is 0 Å². The summed E-state index contributed by atoms with van der Waals surface area (Å²) < 4.78 is 6.50. The van der Waals surface area contributed by atoms with E-state index in [4.69, 9.17) is 4.74 Å². The monoisotopic (exact) mass is 289 g/mol. The summed E-state index contributed by atoms with van der Waals surface area (Å²) in [5.41, 5.74) is -0.0326. The van der Waals surface area contributed by atoms with Gasteiger partial charge in [0, 0.05) is 12.1 Å². The second-order valence-electron chi connectivity index (χ2n) is 5.55. The van der Waals surface area contributed by atoms with Crippen LogP contribution in [0.25, 0.3) is 10.9 Å². The van der Waals surface area contributed by atoms with E-state index in [0.717, 1.165) is 25.9 Å². The Balaban J connectivity index is 2.12. The third-order valence-corrected chi connectivity index (χ3v) is 4.19. The molecule has 0 bridgehead atoms. The van der Waals surface area contributed by atoms with Crippen LogP contribution in [0.5, 0.6) is 5.75 Å². The molecule has 0 spiro atoms. The minimum Gasteiger partial charge on any atom is -0.497 e. The molecule has 0 amide bonds. The summed E-state index contributed by atoms with van der Waals surface area (Å²) >= 11 is 0. The number of rotatable bonds is 2. The highest BCUT2D eigenvalue weighted by Crippen LogP contribution is 2.20. The first-order chi connectivity index (χ1) is 10.1. The fourth-order valence-electron chi connectivity index (χ4n) is 2.92. The van der Waals surface area contributed by atoms with Gasteiger partial charge in [0.2, 0.25) is 0 Å². The van der Waals surface area contributed by atoms with Gasteiger partial charge >= 0.3 is 5.69 Å². The first-order valence-corrected chi connectivity index (χ1v) is 7.11. The van der Waals surface area contributed by atoms with Crippen LogP contribution >= 0.6 is 0 Å². The third kappa shape index (κ3) is 2.47. The third-order valence-electron chi connectivity index (χ3n) is 4.19. The molecular formula is C15H19N3O3. The lowest BCUT2D eigenvalue weighted by molar-refractivity contribution is 0.216. The molecule has 21 heavy (non-hydrogen) atoms. The number of nitrogens with one attached hydrogen (secondary N) is 1. The Morgan fingerprint density at radius 1 is 1.24 bits per heavy atom. The molecule has 0 aliphatic carbocycles. The highest BCUT2D eigenvalue weighted by atomic mass is 16.5. The molecule has 3 rings (SSSR count). The fourth-order valence-corrected chi connectivity index (χ4v) is 2.92. The Labute approximate surface area is 122 Å². The number of fused-ring (bicyclic) bond motifs is 1. The average Bonchev–Trinajstić information content (AvgIpc) is 2.48. The van der Waals surface area contributed by atoms with Gasteiger partial charge in [0.25, 0.3) is 5.56 Å². The zero-order valence-corrected chi connectivity index (χ0v) is 12.3. The van der Waals surface area contributed by atoms with Gasteiger partial charge in [-0.3, -0.25) is 9.36 Å². The van der Waals surface area contributed by atoms with Gasteiger partial charge in [0.1, 0.15) is 5.75 Å². The standard InChI is InChI=1S/C15H19N3O3/c1-17-7-5-10(6-8-17)18-14(19)12-4-3-11(21-2)9-13(12)16-15(18)20/h3-4,9-10H,5-8H2,1-2H3,(H,16,20). The van der Waals surface area contributed by atoms with E-state index in [1.807, 2.05) is 0 Å². The van der Waals surface area contributed by atoms with Crippen molar-refractivity contribution in [2.24, 2.45) is 0 Å². The van der Waals surface area contributed by atoms with Crippen molar-refractivity contribution in [1.29, 1.82) is 0 Å². The van der Waals surface area contributed by atoms with Crippen molar-refractivity contribution in [2.45, 2.75) is 18.9 Å². The zero-order chi connectivity index (χ0) is 15.0. The van der Waals surface area contributed by atoms with Crippen molar-refractivity contribution in [3.05, 3.63) is 39.0 Å². The van der Waals surface area contributed by atoms with E-state index < -0.39 is 0 Å². The Hall–Kier alpha value is -2.08. The number of benzene rings is 1. The van der Waals surface area contributed by atoms with Crippen molar-refractivity contribution in [1.82, 2.24) is 14.5 Å². The summed E-state index contributed by atoms with van der Waals surface area (Å²) in [6.45, 7) is 1.80. The molecule has 2 heterocycles. The number of hydrogen-bond donors (Lipinski definition) is 1. The van der Waals surface area contributed by atoms with Crippen LogP contribution in [0.1, 0.15) is 18.9 Å². The van der Waals surface area contributed by atoms with Crippen molar-refractivity contribution in [3.8, 4) is 5.75 Å². The molecule has 1 N–H and O–H groups in total. The number of methoxy groups -OCH3 is 1. The molecule has 0 radical (unpaired) electrons. The van der Waals surface area contributed by atoms with E-state index in [-0.39, 0.29) is 17.3 Å². The van der Waals surface area contributed by atoms with E-state index in [2.05, 4.69) is 16.9 Å². The summed E-state index contributed by atoms with van der Waals surface area (Å²) in [7, 11) is 3.61. The SMILES string of the molecule is COc1ccc2c(=O)n(C3CCN(C)CC3)c(=O)[nH]c2c1. The van der Waals surface area contributed by atoms with E-state index in [1.165, 1.54) is 4.57 Å². The number of aromatic amines is 1. The maximum Gasteiger partial charge on any atom is 0.329 e. The molecule has 0 unspecified atom stereocenters. The summed E-state index contributed by atoms with van der Waals surface area (Å²) in [4.78, 5) is 29.9. The molecule has 1 aromatic heterocycles. The maximum absolute atomic E-state index is 12.6. The van der Waals surface area contributed by atoms with Crippen molar-refractivity contribution in [3.63, 3.8) is 0 Å². The van der Waals surface area contributed by atoms with E-state index in [0.29, 0.717) is 16.7 Å². The number of nitrogens with zero attached hydrogens (tertiary/aromatic N) is 2. The molecule has 6 nitrogen and oxygen atoms in total. The second-order valence-corrected chi connectivity index (χ2v) is 5.55. The van der Waals surface area contributed by atoms with Crippen LogP contribution in [0.2, 0.25) is 0 Å². The number of hydrogen-bond acceptors (Lipinski definition) is 4. The van der Waals surface area contributed by atoms with Gasteiger partial charge in [0.15, 0.2) is 0 Å². The van der Waals surface area contributed by atoms with Crippen molar-refractivity contribution < 1.29 is 4.74 Å². The average molecular weight is 289 g/mol. The van der Waals surface area contributed by atoms with E-state index in [1.54, 1.807) is 25.3 Å². The predicted molar refractivity (Wildman–Crippen MR) is 81.1 cm³/mol. The van der Waals surface area contributed by atoms with Gasteiger partial charge in [-0.05, 0) is 45.1 Å². The highest BCUT2D eigenvalue weighted by Gasteiger charge is 2.22. The largest absolute Gasteiger partial charge is 0.497 e. The molecule has 1 aromatic carbocycles. The minimum absolute atomic E-state index is 0.0241. The molecule has 1 aliphatic rings. The van der Waals surface area contributed by atoms with Crippen molar-refractivity contribution >= 4 is 10.9 Å². The Bertz CT molecular complexity index is 770. The Kier molecular flexibility index (Phi) is 3.55. The smallest absolute Gasteiger partial charge is 0.329 e. The number of likely N-dealkylation sites (tertiary alicyclic amines) is 1. The number of piperidine rings is 1. The fraction of sp³-hybridized carbons (Fsp3) is 0.467. The zero-order valence-electron chi connectivity index (χ0n) is 12.3. The highest BCUT2D eigenvalue weighted by molar-refractivity contribution is 5.78. The van der Waals surface area contributed by atoms with E-state index >= 15 is 0 Å². The van der Waals surface area contributed by atoms with Crippen LogP contribution in [0.4, 0.5) is 0 Å². The first kappa shape index (κ1) is 13.9. The van der Waals surface area contributed by atoms with Gasteiger partial charge < -0.3 is 14.6 Å². The molecule has 2 aromatic rings. The lowest BCUT2D eigenvalue weighted by atomic mass is 10.1. The maximum atomic E-state index is 12.6. The number of aromatic nitrogens is 2. The van der Waals surface area contributed by atoms with Gasteiger partial charge in [0.05, 0.1) is 18.0 Å². The van der Waals surface area contributed by atoms with Gasteiger partial charge in [-0.15, -0.1) is 0 Å². The summed E-state index contributed by atoms with van der Waals surface area (Å²) in [6, 6.07) is 5.10. The predicted octanol–water partition coefficient (Wildman–Crippen LogP) is 0.965. The quantitative estimate of drug-likeness (QED) is 0.894. The van der Waals surface area contributed by atoms with Gasteiger partial charge in [-0.1, -0.05) is 0 Å². The Morgan fingerprint density at radius 2 is 1.95 bits per heavy atom. The van der Waals surface area contributed by atoms with Crippen LogP contribution < -0.4 is 16.0 Å². The summed E-state index contributed by atoms with van der Waals surface area (Å²) in [5, 5.41) is 0.523. The van der Waals surface area contributed by atoms with Crippen LogP contribution in [-0.2, 0) is 0 Å². The van der Waals surface area contributed by atoms with Crippen molar-refractivity contribution in [2.75, 3.05) is 27.2 Å².